The number of aromatic amines is 1. The van der Waals surface area contributed by atoms with Crippen LogP contribution in [0.25, 0.3) is 0 Å². The minimum absolute atomic E-state index is 0.0266. The van der Waals surface area contributed by atoms with Gasteiger partial charge in [-0.2, -0.15) is 5.26 Å². The quantitative estimate of drug-likeness (QED) is 0.825. The number of hydrogen-bond donors (Lipinski definition) is 1. The lowest BCUT2D eigenvalue weighted by Crippen LogP contribution is -2.17. The fraction of sp³-hybridized carbons (Fsp3) is 0.357. The summed E-state index contributed by atoms with van der Waals surface area (Å²) in [5, 5.41) is 12.8. The van der Waals surface area contributed by atoms with Crippen LogP contribution >= 0.6 is 23.1 Å². The summed E-state index contributed by atoms with van der Waals surface area (Å²) in [5.74, 6) is -0.419. The highest BCUT2D eigenvalue weighted by molar-refractivity contribution is 7.10. The summed E-state index contributed by atoms with van der Waals surface area (Å²) < 4.78 is 9.13. The van der Waals surface area contributed by atoms with Gasteiger partial charge in [-0.05, 0) is 31.4 Å². The van der Waals surface area contributed by atoms with Gasteiger partial charge in [0.2, 0.25) is 0 Å². The van der Waals surface area contributed by atoms with E-state index in [1.165, 1.54) is 0 Å². The van der Waals surface area contributed by atoms with Crippen LogP contribution in [0.15, 0.2) is 4.79 Å². The summed E-state index contributed by atoms with van der Waals surface area (Å²) in [5.41, 5.74) is 2.08. The number of rotatable bonds is 5. The van der Waals surface area contributed by atoms with E-state index in [-0.39, 0.29) is 18.6 Å². The van der Waals surface area contributed by atoms with Crippen LogP contribution in [0.5, 0.6) is 0 Å². The zero-order chi connectivity index (χ0) is 17.0. The van der Waals surface area contributed by atoms with Crippen molar-refractivity contribution in [3.8, 4) is 6.07 Å². The van der Waals surface area contributed by atoms with Crippen LogP contribution in [0.2, 0.25) is 4.34 Å². The third-order valence-electron chi connectivity index (χ3n) is 3.38. The summed E-state index contributed by atoms with van der Waals surface area (Å²) in [4.78, 5) is 26.1. The molecule has 0 aliphatic heterocycles. The van der Waals surface area contributed by atoms with Gasteiger partial charge in [0.05, 0.1) is 0 Å². The smallest absolute Gasteiger partial charge is 0.306 e. The Morgan fingerprint density at radius 3 is 2.83 bits per heavy atom. The van der Waals surface area contributed by atoms with Gasteiger partial charge in [0.15, 0.2) is 0 Å². The minimum atomic E-state index is -0.419. The Morgan fingerprint density at radius 1 is 1.48 bits per heavy atom. The standard InChI is InChI=1S/C14H13ClN4O3S/c1-7-9(8(2)17-14(21)10(7)5-16)3-4-12(20)22-6-11-13(15)23-19-18-11/h3-4,6H2,1-2H3,(H,17,21). The van der Waals surface area contributed by atoms with E-state index in [4.69, 9.17) is 21.6 Å². The molecule has 0 atom stereocenters. The molecule has 23 heavy (non-hydrogen) atoms. The number of hydrogen-bond acceptors (Lipinski definition) is 7. The van der Waals surface area contributed by atoms with E-state index in [0.29, 0.717) is 27.7 Å². The number of H-pyrrole nitrogens is 1. The second kappa shape index (κ2) is 7.35. The second-order valence-corrected chi connectivity index (χ2v) is 6.18. The summed E-state index contributed by atoms with van der Waals surface area (Å²) in [7, 11) is 0. The average Bonchev–Trinajstić information content (AvgIpc) is 2.90. The van der Waals surface area contributed by atoms with Gasteiger partial charge in [0.1, 0.15) is 28.3 Å². The predicted octanol–water partition coefficient (Wildman–Crippen LogP) is 2.04. The normalized spacial score (nSPS) is 10.3. The second-order valence-electron chi connectivity index (χ2n) is 4.82. The molecule has 0 bridgehead atoms. The molecule has 0 saturated heterocycles. The lowest BCUT2D eigenvalue weighted by Gasteiger charge is -2.10. The van der Waals surface area contributed by atoms with Gasteiger partial charge >= 0.3 is 5.97 Å². The molecule has 0 amide bonds. The number of carbonyl (C=O) groups is 1. The van der Waals surface area contributed by atoms with Crippen molar-refractivity contribution >= 4 is 29.1 Å². The van der Waals surface area contributed by atoms with Crippen molar-refractivity contribution in [1.29, 1.82) is 5.26 Å². The van der Waals surface area contributed by atoms with Gasteiger partial charge in [-0.15, -0.1) is 5.10 Å². The Hall–Kier alpha value is -2.24. The molecule has 0 fully saturated rings. The lowest BCUT2D eigenvalue weighted by atomic mass is 9.99. The van der Waals surface area contributed by atoms with Crippen molar-refractivity contribution < 1.29 is 9.53 Å². The van der Waals surface area contributed by atoms with Crippen LogP contribution in [0.3, 0.4) is 0 Å². The maximum absolute atomic E-state index is 11.8. The number of pyridine rings is 1. The molecule has 0 radical (unpaired) electrons. The highest BCUT2D eigenvalue weighted by Crippen LogP contribution is 2.19. The zero-order valence-electron chi connectivity index (χ0n) is 12.5. The molecule has 0 aliphatic carbocycles. The predicted molar refractivity (Wildman–Crippen MR) is 84.3 cm³/mol. The zero-order valence-corrected chi connectivity index (χ0v) is 14.0. The molecular formula is C14H13ClN4O3S. The van der Waals surface area contributed by atoms with Crippen LogP contribution in [-0.4, -0.2) is 20.5 Å². The van der Waals surface area contributed by atoms with Crippen molar-refractivity contribution in [3.63, 3.8) is 0 Å². The maximum Gasteiger partial charge on any atom is 0.306 e. The maximum atomic E-state index is 11.8. The Labute approximate surface area is 141 Å². The first kappa shape index (κ1) is 17.1. The molecular weight excluding hydrogens is 340 g/mol. The molecule has 0 aromatic carbocycles. The summed E-state index contributed by atoms with van der Waals surface area (Å²) in [6.45, 7) is 3.40. The largest absolute Gasteiger partial charge is 0.459 e. The number of aromatic nitrogens is 3. The molecule has 9 heteroatoms. The Morgan fingerprint density at radius 2 is 2.22 bits per heavy atom. The van der Waals surface area contributed by atoms with E-state index in [0.717, 1.165) is 17.1 Å². The number of esters is 1. The Balaban J connectivity index is 2.01. The first-order valence-corrected chi connectivity index (χ1v) is 7.84. The van der Waals surface area contributed by atoms with Crippen molar-refractivity contribution in [2.75, 3.05) is 0 Å². The summed E-state index contributed by atoms with van der Waals surface area (Å²) in [6.07, 6.45) is 0.485. The molecule has 7 nitrogen and oxygen atoms in total. The van der Waals surface area contributed by atoms with E-state index < -0.39 is 11.5 Å². The number of aryl methyl sites for hydroxylation is 1. The SMILES string of the molecule is Cc1[nH]c(=O)c(C#N)c(C)c1CCC(=O)OCc1nnsc1Cl. The average molecular weight is 353 g/mol. The third-order valence-corrected chi connectivity index (χ3v) is 4.36. The van der Waals surface area contributed by atoms with Gasteiger partial charge in [0.25, 0.3) is 5.56 Å². The molecule has 0 spiro atoms. The first-order valence-electron chi connectivity index (χ1n) is 6.68. The fourth-order valence-electron chi connectivity index (χ4n) is 2.15. The lowest BCUT2D eigenvalue weighted by molar-refractivity contribution is -0.145. The molecule has 0 aliphatic rings. The van der Waals surface area contributed by atoms with Crippen LogP contribution in [-0.2, 0) is 22.6 Å². The van der Waals surface area contributed by atoms with E-state index in [9.17, 15) is 9.59 Å². The van der Waals surface area contributed by atoms with Crippen molar-refractivity contribution in [3.05, 3.63) is 42.8 Å². The number of nitriles is 1. The molecule has 1 N–H and O–H groups in total. The number of halogens is 1. The monoisotopic (exact) mass is 352 g/mol. The van der Waals surface area contributed by atoms with Crippen LogP contribution in [0.4, 0.5) is 0 Å². The molecule has 0 saturated carbocycles. The van der Waals surface area contributed by atoms with Gasteiger partial charge in [-0.25, -0.2) is 0 Å². The van der Waals surface area contributed by atoms with Crippen molar-refractivity contribution in [2.24, 2.45) is 0 Å². The van der Waals surface area contributed by atoms with Crippen LogP contribution < -0.4 is 5.56 Å². The van der Waals surface area contributed by atoms with Crippen LogP contribution in [0, 0.1) is 25.2 Å². The van der Waals surface area contributed by atoms with Crippen molar-refractivity contribution in [2.45, 2.75) is 33.3 Å². The number of nitrogens with zero attached hydrogens (tertiary/aromatic N) is 3. The topological polar surface area (TPSA) is 109 Å². The van der Waals surface area contributed by atoms with Gasteiger partial charge in [-0.3, -0.25) is 9.59 Å². The first-order chi connectivity index (χ1) is 10.9. The van der Waals surface area contributed by atoms with E-state index in [1.54, 1.807) is 13.8 Å². The fourth-order valence-corrected chi connectivity index (χ4v) is 2.75. The highest BCUT2D eigenvalue weighted by Gasteiger charge is 2.14. The molecule has 2 aromatic rings. The molecule has 2 rings (SSSR count). The molecule has 2 heterocycles. The molecule has 0 unspecified atom stereocenters. The van der Waals surface area contributed by atoms with Gasteiger partial charge < -0.3 is 9.72 Å². The minimum Gasteiger partial charge on any atom is -0.459 e. The van der Waals surface area contributed by atoms with E-state index >= 15 is 0 Å². The van der Waals surface area contributed by atoms with Gasteiger partial charge in [0, 0.05) is 23.6 Å². The molecule has 120 valence electrons. The summed E-state index contributed by atoms with van der Waals surface area (Å²) in [6, 6.07) is 1.88. The number of nitrogens with one attached hydrogen (secondary N) is 1. The Bertz CT molecular complexity index is 838. The summed E-state index contributed by atoms with van der Waals surface area (Å²) >= 11 is 6.85. The van der Waals surface area contributed by atoms with E-state index in [1.807, 2.05) is 6.07 Å². The molecule has 2 aromatic heterocycles. The van der Waals surface area contributed by atoms with Gasteiger partial charge in [-0.1, -0.05) is 16.1 Å². The number of ether oxygens (including phenoxy) is 1. The van der Waals surface area contributed by atoms with E-state index in [2.05, 4.69) is 14.6 Å². The highest BCUT2D eigenvalue weighted by atomic mass is 35.5. The number of carbonyl (C=O) groups excluding carboxylic acids is 1. The third kappa shape index (κ3) is 3.94. The van der Waals surface area contributed by atoms with Crippen molar-refractivity contribution in [1.82, 2.24) is 14.6 Å². The van der Waals surface area contributed by atoms with Crippen LogP contribution in [0.1, 0.15) is 34.5 Å². The Kier molecular flexibility index (Phi) is 5.47.